The van der Waals surface area contributed by atoms with E-state index in [0.717, 1.165) is 44.8 Å². The Hall–Kier alpha value is -2.21. The Labute approximate surface area is 147 Å². The number of carbonyl (C=O) groups excluding carboxylic acids is 1. The van der Waals surface area contributed by atoms with Gasteiger partial charge in [0.1, 0.15) is 0 Å². The minimum absolute atomic E-state index is 0.0366. The first kappa shape index (κ1) is 16.3. The highest BCUT2D eigenvalue weighted by molar-refractivity contribution is 5.74. The summed E-state index contributed by atoms with van der Waals surface area (Å²) in [6.07, 6.45) is 3.33. The molecule has 0 saturated carbocycles. The molecule has 1 saturated heterocycles. The monoisotopic (exact) mass is 341 g/mol. The summed E-state index contributed by atoms with van der Waals surface area (Å²) in [6.45, 7) is 3.87. The van der Waals surface area contributed by atoms with Gasteiger partial charge in [0, 0.05) is 32.6 Å². The number of aromatic nitrogens is 2. The molecule has 1 atom stereocenters. The van der Waals surface area contributed by atoms with E-state index < -0.39 is 0 Å². The topological polar surface area (TPSA) is 68.5 Å². The van der Waals surface area contributed by atoms with E-state index in [4.69, 9.17) is 9.26 Å². The highest BCUT2D eigenvalue weighted by Gasteiger charge is 2.31. The number of fused-ring (bicyclic) bond motifs is 1. The third-order valence-corrected chi connectivity index (χ3v) is 5.26. The second-order valence-corrected chi connectivity index (χ2v) is 6.81. The number of rotatable bonds is 3. The maximum absolute atomic E-state index is 12.1. The van der Waals surface area contributed by atoms with E-state index in [1.807, 2.05) is 11.0 Å². The van der Waals surface area contributed by atoms with Crippen molar-refractivity contribution >= 4 is 5.91 Å². The van der Waals surface area contributed by atoms with Crippen molar-refractivity contribution < 1.29 is 14.1 Å². The lowest BCUT2D eigenvalue weighted by Gasteiger charge is -2.36. The maximum Gasteiger partial charge on any atom is 0.229 e. The van der Waals surface area contributed by atoms with E-state index in [2.05, 4.69) is 28.3 Å². The average Bonchev–Trinajstić information content (AvgIpc) is 3.11. The van der Waals surface area contributed by atoms with Crippen LogP contribution in [-0.2, 0) is 22.4 Å². The van der Waals surface area contributed by atoms with Crippen molar-refractivity contribution in [1.82, 2.24) is 15.0 Å². The zero-order valence-corrected chi connectivity index (χ0v) is 14.5. The largest absolute Gasteiger partial charge is 0.381 e. The van der Waals surface area contributed by atoms with Gasteiger partial charge in [-0.1, -0.05) is 29.4 Å². The lowest BCUT2D eigenvalue weighted by atomic mass is 9.90. The Morgan fingerprint density at radius 2 is 2.08 bits per heavy atom. The molecule has 25 heavy (non-hydrogen) atoms. The molecule has 2 aromatic rings. The van der Waals surface area contributed by atoms with Gasteiger partial charge in [-0.2, -0.15) is 4.98 Å². The fraction of sp³-hybridized carbons (Fsp3) is 0.526. The molecule has 0 radical (unpaired) electrons. The van der Waals surface area contributed by atoms with Crippen LogP contribution in [0.5, 0.6) is 0 Å². The van der Waals surface area contributed by atoms with Gasteiger partial charge in [-0.05, 0) is 30.4 Å². The third-order valence-electron chi connectivity index (χ3n) is 5.26. The molecule has 4 rings (SSSR count). The second kappa shape index (κ2) is 6.96. The molecule has 0 bridgehead atoms. The van der Waals surface area contributed by atoms with Crippen molar-refractivity contribution in [2.24, 2.45) is 0 Å². The van der Waals surface area contributed by atoms with Crippen LogP contribution in [0.25, 0.3) is 0 Å². The van der Waals surface area contributed by atoms with Crippen LogP contribution in [0, 0.1) is 0 Å². The maximum atomic E-state index is 12.1. The Morgan fingerprint density at radius 1 is 1.28 bits per heavy atom. The Bertz CT molecular complexity index is 752. The highest BCUT2D eigenvalue weighted by atomic mass is 16.5. The smallest absolute Gasteiger partial charge is 0.229 e. The van der Waals surface area contributed by atoms with Crippen LogP contribution >= 0.6 is 0 Å². The zero-order valence-electron chi connectivity index (χ0n) is 14.5. The SMILES string of the molecule is CC(=O)N1CCc2ccccc2C1Cc1nc(C2CCOCC2)no1. The molecule has 1 fully saturated rings. The molecule has 6 heteroatoms. The highest BCUT2D eigenvalue weighted by Crippen LogP contribution is 2.33. The first-order valence-corrected chi connectivity index (χ1v) is 8.97. The lowest BCUT2D eigenvalue weighted by Crippen LogP contribution is -2.39. The van der Waals surface area contributed by atoms with Gasteiger partial charge in [0.25, 0.3) is 0 Å². The normalized spacial score (nSPS) is 21.2. The molecule has 1 unspecified atom stereocenters. The van der Waals surface area contributed by atoms with Crippen molar-refractivity contribution in [2.75, 3.05) is 19.8 Å². The number of amides is 1. The Morgan fingerprint density at radius 3 is 2.88 bits per heavy atom. The molecule has 1 aromatic carbocycles. The predicted octanol–water partition coefficient (Wildman–Crippen LogP) is 2.65. The fourth-order valence-corrected chi connectivity index (χ4v) is 3.89. The minimum Gasteiger partial charge on any atom is -0.381 e. The third kappa shape index (κ3) is 3.31. The summed E-state index contributed by atoms with van der Waals surface area (Å²) in [5.41, 5.74) is 2.49. The number of hydrogen-bond acceptors (Lipinski definition) is 5. The van der Waals surface area contributed by atoms with Crippen LogP contribution in [0.3, 0.4) is 0 Å². The van der Waals surface area contributed by atoms with Gasteiger partial charge in [-0.15, -0.1) is 0 Å². The average molecular weight is 341 g/mol. The number of carbonyl (C=O) groups is 1. The zero-order chi connectivity index (χ0) is 17.2. The van der Waals surface area contributed by atoms with Crippen LogP contribution in [0.4, 0.5) is 0 Å². The van der Waals surface area contributed by atoms with E-state index in [1.54, 1.807) is 6.92 Å². The predicted molar refractivity (Wildman–Crippen MR) is 91.1 cm³/mol. The summed E-state index contributed by atoms with van der Waals surface area (Å²) in [7, 11) is 0. The number of hydrogen-bond donors (Lipinski definition) is 0. The fourth-order valence-electron chi connectivity index (χ4n) is 3.89. The van der Waals surface area contributed by atoms with Gasteiger partial charge in [-0.25, -0.2) is 0 Å². The van der Waals surface area contributed by atoms with Crippen molar-refractivity contribution in [3.8, 4) is 0 Å². The Balaban J connectivity index is 1.57. The lowest BCUT2D eigenvalue weighted by molar-refractivity contribution is -0.131. The molecule has 0 N–H and O–H groups in total. The molecular weight excluding hydrogens is 318 g/mol. The van der Waals surface area contributed by atoms with Crippen molar-refractivity contribution in [3.63, 3.8) is 0 Å². The van der Waals surface area contributed by atoms with E-state index in [9.17, 15) is 4.79 Å². The van der Waals surface area contributed by atoms with E-state index in [-0.39, 0.29) is 11.9 Å². The molecule has 6 nitrogen and oxygen atoms in total. The van der Waals surface area contributed by atoms with Gasteiger partial charge in [0.05, 0.1) is 12.5 Å². The first-order valence-electron chi connectivity index (χ1n) is 8.97. The molecule has 1 amide bonds. The molecule has 132 valence electrons. The molecule has 3 heterocycles. The number of ether oxygens (including phenoxy) is 1. The van der Waals surface area contributed by atoms with Gasteiger partial charge in [0.15, 0.2) is 5.82 Å². The molecular formula is C19H23N3O3. The van der Waals surface area contributed by atoms with E-state index >= 15 is 0 Å². The van der Waals surface area contributed by atoms with Gasteiger partial charge in [0.2, 0.25) is 11.8 Å². The molecule has 0 spiro atoms. The second-order valence-electron chi connectivity index (χ2n) is 6.81. The minimum atomic E-state index is -0.0366. The Kier molecular flexibility index (Phi) is 4.53. The summed E-state index contributed by atoms with van der Waals surface area (Å²) < 4.78 is 10.9. The van der Waals surface area contributed by atoms with Crippen molar-refractivity contribution in [3.05, 3.63) is 47.1 Å². The van der Waals surface area contributed by atoms with Crippen LogP contribution in [0.15, 0.2) is 28.8 Å². The molecule has 2 aliphatic heterocycles. The van der Waals surface area contributed by atoms with Gasteiger partial charge in [-0.3, -0.25) is 4.79 Å². The van der Waals surface area contributed by atoms with E-state index in [0.29, 0.717) is 18.2 Å². The van der Waals surface area contributed by atoms with Crippen molar-refractivity contribution in [2.45, 2.75) is 44.6 Å². The van der Waals surface area contributed by atoms with Crippen LogP contribution in [0.1, 0.15) is 54.6 Å². The van der Waals surface area contributed by atoms with Gasteiger partial charge < -0.3 is 14.2 Å². The van der Waals surface area contributed by atoms with E-state index in [1.165, 1.54) is 11.1 Å². The van der Waals surface area contributed by atoms with Gasteiger partial charge >= 0.3 is 0 Å². The van der Waals surface area contributed by atoms with Crippen LogP contribution in [0.2, 0.25) is 0 Å². The summed E-state index contributed by atoms with van der Waals surface area (Å²) in [5, 5.41) is 4.19. The summed E-state index contributed by atoms with van der Waals surface area (Å²) >= 11 is 0. The summed E-state index contributed by atoms with van der Waals surface area (Å²) in [4.78, 5) is 18.6. The van der Waals surface area contributed by atoms with Crippen molar-refractivity contribution in [1.29, 1.82) is 0 Å². The summed E-state index contributed by atoms with van der Waals surface area (Å²) in [5.74, 6) is 1.78. The summed E-state index contributed by atoms with van der Waals surface area (Å²) in [6, 6.07) is 8.28. The van der Waals surface area contributed by atoms with Crippen LogP contribution < -0.4 is 0 Å². The van der Waals surface area contributed by atoms with Crippen LogP contribution in [-0.4, -0.2) is 40.7 Å². The molecule has 1 aromatic heterocycles. The standard InChI is InChI=1S/C19H23N3O3/c1-13(23)22-9-6-14-4-2-3-5-16(14)17(22)12-18-20-19(21-25-18)15-7-10-24-11-8-15/h2-5,15,17H,6-12H2,1H3. The number of benzene rings is 1. The number of nitrogens with zero attached hydrogens (tertiary/aromatic N) is 3. The molecule has 2 aliphatic rings. The molecule has 0 aliphatic carbocycles. The quantitative estimate of drug-likeness (QED) is 0.858. The first-order chi connectivity index (χ1) is 12.2.